The van der Waals surface area contributed by atoms with E-state index in [4.69, 9.17) is 26.9 Å². The van der Waals surface area contributed by atoms with Crippen LogP contribution in [0.3, 0.4) is 0 Å². The second-order valence-corrected chi connectivity index (χ2v) is 10.2. The molecule has 0 spiro atoms. The van der Waals surface area contributed by atoms with Gasteiger partial charge in [-0.2, -0.15) is 0 Å². The summed E-state index contributed by atoms with van der Waals surface area (Å²) in [6.07, 6.45) is 0. The molecule has 0 aliphatic carbocycles. The highest BCUT2D eigenvalue weighted by atomic mass is 28.4. The van der Waals surface area contributed by atoms with E-state index in [-0.39, 0.29) is 0 Å². The van der Waals surface area contributed by atoms with Crippen LogP contribution in [0.4, 0.5) is 0 Å². The first-order valence-corrected chi connectivity index (χ1v) is 9.76. The van der Waals surface area contributed by atoms with Crippen molar-refractivity contribution in [3.63, 3.8) is 0 Å². The Morgan fingerprint density at radius 2 is 1.18 bits per heavy atom. The highest BCUT2D eigenvalue weighted by Crippen LogP contribution is 2.30. The van der Waals surface area contributed by atoms with Crippen molar-refractivity contribution in [3.8, 4) is 0 Å². The summed E-state index contributed by atoms with van der Waals surface area (Å²) < 4.78 is 32.9. The van der Waals surface area contributed by atoms with Gasteiger partial charge in [0.25, 0.3) is 0 Å². The largest absolute Gasteiger partial charge is 0.499 e. The fraction of sp³-hybridized carbons (Fsp3) is 1.00. The number of rotatable bonds is 8. The monoisotopic (exact) mass is 284 g/mol. The first kappa shape index (κ1) is 17.2. The van der Waals surface area contributed by atoms with Gasteiger partial charge < -0.3 is 26.9 Å². The Balaban J connectivity index is 5.15. The van der Waals surface area contributed by atoms with E-state index in [2.05, 4.69) is 0 Å². The zero-order chi connectivity index (χ0) is 13.7. The van der Waals surface area contributed by atoms with Gasteiger partial charge in [-0.1, -0.05) is 0 Å². The summed E-state index contributed by atoms with van der Waals surface area (Å²) in [5, 5.41) is 0. The van der Waals surface area contributed by atoms with Crippen molar-refractivity contribution < 1.29 is 26.9 Å². The molecule has 104 valence electrons. The third kappa shape index (κ3) is 3.58. The topological polar surface area (TPSA) is 55.4 Å². The third-order valence-corrected chi connectivity index (χ3v) is 9.08. The maximum atomic E-state index is 5.90. The molecular formula is C9H24O6Si2. The number of hydrogen-bond donors (Lipinski definition) is 0. The van der Waals surface area contributed by atoms with Crippen LogP contribution in [-0.4, -0.2) is 58.3 Å². The lowest BCUT2D eigenvalue weighted by Crippen LogP contribution is -2.65. The lowest BCUT2D eigenvalue weighted by molar-refractivity contribution is -0.147. The molecule has 0 fully saturated rings. The van der Waals surface area contributed by atoms with Gasteiger partial charge in [0.05, 0.1) is 0 Å². The summed E-state index contributed by atoms with van der Waals surface area (Å²) in [5.41, 5.74) is -1.01. The molecule has 0 aromatic heterocycles. The van der Waals surface area contributed by atoms with E-state index >= 15 is 0 Å². The summed E-state index contributed by atoms with van der Waals surface area (Å²) in [6, 6.07) is 0. The van der Waals surface area contributed by atoms with Crippen molar-refractivity contribution in [1.29, 1.82) is 0 Å². The van der Waals surface area contributed by atoms with Gasteiger partial charge in [-0.05, 0) is 13.5 Å². The Morgan fingerprint density at radius 1 is 0.765 bits per heavy atom. The van der Waals surface area contributed by atoms with Gasteiger partial charge in [-0.25, -0.2) is 0 Å². The van der Waals surface area contributed by atoms with E-state index in [1.165, 1.54) is 0 Å². The fourth-order valence-electron chi connectivity index (χ4n) is 1.29. The van der Waals surface area contributed by atoms with Gasteiger partial charge in [0.15, 0.2) is 0 Å². The molecule has 0 saturated heterocycles. The normalized spacial score (nSPS) is 16.9. The number of methoxy groups -OCH3 is 1. The van der Waals surface area contributed by atoms with Crippen LogP contribution in [-0.2, 0) is 26.9 Å². The van der Waals surface area contributed by atoms with Gasteiger partial charge in [0.2, 0.25) is 5.41 Å². The van der Waals surface area contributed by atoms with Gasteiger partial charge in [0, 0.05) is 42.1 Å². The molecule has 0 bridgehead atoms. The van der Waals surface area contributed by atoms with Crippen molar-refractivity contribution in [1.82, 2.24) is 0 Å². The molecule has 0 amide bonds. The SMILES string of the molecule is COC(C)(O[Si](C)(OC)OC)[Si](C)(OC)OC. The molecule has 0 radical (unpaired) electrons. The van der Waals surface area contributed by atoms with Gasteiger partial charge in [0.1, 0.15) is 0 Å². The van der Waals surface area contributed by atoms with Crippen molar-refractivity contribution in [2.75, 3.05) is 35.5 Å². The van der Waals surface area contributed by atoms with Crippen molar-refractivity contribution >= 4 is 17.4 Å². The van der Waals surface area contributed by atoms with Crippen LogP contribution >= 0.6 is 0 Å². The van der Waals surface area contributed by atoms with E-state index in [9.17, 15) is 0 Å². The molecule has 17 heavy (non-hydrogen) atoms. The average Bonchev–Trinajstić information content (AvgIpc) is 2.37. The molecule has 0 aliphatic rings. The van der Waals surface area contributed by atoms with E-state index < -0.39 is 22.8 Å². The summed E-state index contributed by atoms with van der Waals surface area (Å²) in [7, 11) is 2.38. The van der Waals surface area contributed by atoms with E-state index in [1.807, 2.05) is 6.55 Å². The Kier molecular flexibility index (Phi) is 6.46. The first-order chi connectivity index (χ1) is 7.76. The molecule has 8 heteroatoms. The zero-order valence-electron chi connectivity index (χ0n) is 11.9. The molecule has 0 N–H and O–H groups in total. The van der Waals surface area contributed by atoms with Crippen LogP contribution < -0.4 is 0 Å². The van der Waals surface area contributed by atoms with Crippen molar-refractivity contribution in [2.45, 2.75) is 25.4 Å². The van der Waals surface area contributed by atoms with Gasteiger partial charge in [-0.15, -0.1) is 0 Å². The van der Waals surface area contributed by atoms with Gasteiger partial charge >= 0.3 is 17.4 Å². The highest BCUT2D eigenvalue weighted by molar-refractivity contribution is 6.70. The maximum absolute atomic E-state index is 5.90. The van der Waals surface area contributed by atoms with E-state index in [0.29, 0.717) is 0 Å². The Hall–Kier alpha value is 0.194. The summed E-state index contributed by atoms with van der Waals surface area (Å²) in [5.74, 6) is 0. The molecule has 6 nitrogen and oxygen atoms in total. The van der Waals surface area contributed by atoms with Crippen LogP contribution in [0.5, 0.6) is 0 Å². The van der Waals surface area contributed by atoms with Crippen LogP contribution in [0.25, 0.3) is 0 Å². The van der Waals surface area contributed by atoms with Gasteiger partial charge in [-0.3, -0.25) is 0 Å². The maximum Gasteiger partial charge on any atom is 0.499 e. The van der Waals surface area contributed by atoms with Crippen LogP contribution in [0.2, 0.25) is 13.1 Å². The predicted molar refractivity (Wildman–Crippen MR) is 67.8 cm³/mol. The van der Waals surface area contributed by atoms with Crippen LogP contribution in [0.15, 0.2) is 0 Å². The predicted octanol–water partition coefficient (Wildman–Crippen LogP) is 1.13. The molecule has 0 aliphatic heterocycles. The third-order valence-electron chi connectivity index (χ3n) is 3.12. The highest BCUT2D eigenvalue weighted by Gasteiger charge is 2.57. The summed E-state index contributed by atoms with van der Waals surface area (Å²) in [6.45, 7) is 5.41. The minimum atomic E-state index is -2.75. The molecule has 0 saturated carbocycles. The minimum Gasteiger partial charge on any atom is -0.395 e. The van der Waals surface area contributed by atoms with Crippen molar-refractivity contribution in [2.24, 2.45) is 0 Å². The summed E-state index contributed by atoms with van der Waals surface area (Å²) in [4.78, 5) is 0. The molecule has 0 heterocycles. The quantitative estimate of drug-likeness (QED) is 0.492. The lowest BCUT2D eigenvalue weighted by atomic mass is 10.7. The first-order valence-electron chi connectivity index (χ1n) is 5.22. The smallest absolute Gasteiger partial charge is 0.395 e. The number of ether oxygens (including phenoxy) is 1. The zero-order valence-corrected chi connectivity index (χ0v) is 13.9. The molecule has 0 aromatic rings. The molecule has 1 unspecified atom stereocenters. The lowest BCUT2D eigenvalue weighted by Gasteiger charge is -2.42. The molecule has 0 aromatic carbocycles. The van der Waals surface area contributed by atoms with Crippen LogP contribution in [0.1, 0.15) is 6.92 Å². The standard InChI is InChI=1S/C9H24O6Si2/c1-9(10-2,16(7,11-3)12-4)15-17(8,13-5)14-6/h1-8H3. The van der Waals surface area contributed by atoms with Crippen molar-refractivity contribution in [3.05, 3.63) is 0 Å². The summed E-state index contributed by atoms with van der Waals surface area (Å²) >= 11 is 0. The van der Waals surface area contributed by atoms with E-state index in [0.717, 1.165) is 0 Å². The Bertz CT molecular complexity index is 232. The fourth-order valence-corrected chi connectivity index (χ4v) is 5.00. The number of hydrogen-bond acceptors (Lipinski definition) is 6. The Labute approximate surface area is 106 Å². The Morgan fingerprint density at radius 3 is 1.41 bits per heavy atom. The molecule has 1 atom stereocenters. The minimum absolute atomic E-state index is 1.01. The second kappa shape index (κ2) is 6.39. The van der Waals surface area contributed by atoms with E-state index in [1.54, 1.807) is 49.0 Å². The van der Waals surface area contributed by atoms with Crippen LogP contribution in [0, 0.1) is 0 Å². The second-order valence-electron chi connectivity index (χ2n) is 3.88. The molecular weight excluding hydrogens is 260 g/mol. The average molecular weight is 284 g/mol. The molecule has 0 rings (SSSR count).